The van der Waals surface area contributed by atoms with Crippen LogP contribution in [0.5, 0.6) is 5.75 Å². The number of nitro benzene ring substituents is 1. The van der Waals surface area contributed by atoms with Crippen molar-refractivity contribution in [1.29, 1.82) is 0 Å². The molecule has 0 unspecified atom stereocenters. The standard InChI is InChI=1S/C13H11NO3S/c1-10-7-8-12(14(15)16)13(9-10)17-18-11-5-3-2-4-6-11/h2-9H,1H3. The van der Waals surface area contributed by atoms with E-state index in [1.54, 1.807) is 12.1 Å². The predicted octanol–water partition coefficient (Wildman–Crippen LogP) is 3.99. The molecule has 5 heteroatoms. The minimum atomic E-state index is -0.444. The van der Waals surface area contributed by atoms with Gasteiger partial charge in [-0.2, -0.15) is 0 Å². The van der Waals surface area contributed by atoms with Crippen molar-refractivity contribution >= 4 is 17.7 Å². The Morgan fingerprint density at radius 2 is 1.89 bits per heavy atom. The Balaban J connectivity index is 2.18. The summed E-state index contributed by atoms with van der Waals surface area (Å²) >= 11 is 1.11. The molecule has 2 aromatic carbocycles. The van der Waals surface area contributed by atoms with Crippen molar-refractivity contribution in [3.8, 4) is 5.75 Å². The summed E-state index contributed by atoms with van der Waals surface area (Å²) < 4.78 is 5.44. The number of benzene rings is 2. The van der Waals surface area contributed by atoms with E-state index in [0.717, 1.165) is 22.5 Å². The topological polar surface area (TPSA) is 52.4 Å². The van der Waals surface area contributed by atoms with Gasteiger partial charge in [-0.1, -0.05) is 24.3 Å². The SMILES string of the molecule is Cc1ccc([N+](=O)[O-])c(OSc2ccccc2)c1. The first-order valence-corrected chi connectivity index (χ1v) is 6.05. The number of aryl methyl sites for hydroxylation is 1. The highest BCUT2D eigenvalue weighted by Crippen LogP contribution is 2.32. The molecular formula is C13H11NO3S. The van der Waals surface area contributed by atoms with E-state index >= 15 is 0 Å². The quantitative estimate of drug-likeness (QED) is 0.474. The minimum Gasteiger partial charge on any atom is -0.413 e. The van der Waals surface area contributed by atoms with Gasteiger partial charge in [0.05, 0.1) is 17.0 Å². The van der Waals surface area contributed by atoms with Crippen LogP contribution in [-0.2, 0) is 0 Å². The fraction of sp³-hybridized carbons (Fsp3) is 0.0769. The molecule has 2 rings (SSSR count). The fourth-order valence-electron chi connectivity index (χ4n) is 1.41. The minimum absolute atomic E-state index is 0.0240. The molecule has 2 aromatic rings. The van der Waals surface area contributed by atoms with Gasteiger partial charge in [-0.25, -0.2) is 0 Å². The molecule has 18 heavy (non-hydrogen) atoms. The Morgan fingerprint density at radius 3 is 2.56 bits per heavy atom. The molecule has 0 aliphatic carbocycles. The van der Waals surface area contributed by atoms with Crippen molar-refractivity contribution in [2.75, 3.05) is 0 Å². The molecule has 0 saturated carbocycles. The third kappa shape index (κ3) is 3.01. The molecule has 92 valence electrons. The van der Waals surface area contributed by atoms with Gasteiger partial charge in [0.25, 0.3) is 0 Å². The first-order valence-electron chi connectivity index (χ1n) is 5.31. The van der Waals surface area contributed by atoms with Crippen molar-refractivity contribution in [2.24, 2.45) is 0 Å². The summed E-state index contributed by atoms with van der Waals surface area (Å²) in [4.78, 5) is 11.3. The zero-order chi connectivity index (χ0) is 13.0. The number of hydrogen-bond acceptors (Lipinski definition) is 4. The van der Waals surface area contributed by atoms with E-state index in [2.05, 4.69) is 0 Å². The van der Waals surface area contributed by atoms with Crippen LogP contribution in [0.15, 0.2) is 53.4 Å². The normalized spacial score (nSPS) is 10.1. The highest BCUT2D eigenvalue weighted by molar-refractivity contribution is 7.95. The lowest BCUT2D eigenvalue weighted by atomic mass is 10.2. The average molecular weight is 261 g/mol. The highest BCUT2D eigenvalue weighted by Gasteiger charge is 2.15. The van der Waals surface area contributed by atoms with E-state index in [0.29, 0.717) is 0 Å². The Hall–Kier alpha value is -2.01. The molecule has 0 N–H and O–H groups in total. The second-order valence-corrected chi connectivity index (χ2v) is 4.51. The van der Waals surface area contributed by atoms with Crippen LogP contribution in [0, 0.1) is 17.0 Å². The highest BCUT2D eigenvalue weighted by atomic mass is 32.2. The van der Waals surface area contributed by atoms with Gasteiger partial charge < -0.3 is 4.18 Å². The molecule has 0 heterocycles. The van der Waals surface area contributed by atoms with Crippen LogP contribution in [0.4, 0.5) is 5.69 Å². The molecule has 0 atom stereocenters. The smallest absolute Gasteiger partial charge is 0.312 e. The van der Waals surface area contributed by atoms with Crippen LogP contribution in [0.1, 0.15) is 5.56 Å². The van der Waals surface area contributed by atoms with Crippen LogP contribution in [0.25, 0.3) is 0 Å². The molecule has 0 aliphatic heterocycles. The maximum Gasteiger partial charge on any atom is 0.312 e. The number of nitro groups is 1. The van der Waals surface area contributed by atoms with Gasteiger partial charge in [-0.3, -0.25) is 10.1 Å². The van der Waals surface area contributed by atoms with Crippen LogP contribution in [0.2, 0.25) is 0 Å². The monoisotopic (exact) mass is 261 g/mol. The summed E-state index contributed by atoms with van der Waals surface area (Å²) in [5, 5.41) is 10.9. The van der Waals surface area contributed by atoms with Gasteiger partial charge in [0.1, 0.15) is 0 Å². The lowest BCUT2D eigenvalue weighted by molar-refractivity contribution is -0.385. The third-order valence-corrected chi connectivity index (χ3v) is 3.01. The van der Waals surface area contributed by atoms with Crippen molar-refractivity contribution in [3.63, 3.8) is 0 Å². The van der Waals surface area contributed by atoms with Gasteiger partial charge in [-0.15, -0.1) is 0 Å². The van der Waals surface area contributed by atoms with Crippen molar-refractivity contribution in [3.05, 3.63) is 64.2 Å². The summed E-state index contributed by atoms with van der Waals surface area (Å²) in [6, 6.07) is 14.2. The summed E-state index contributed by atoms with van der Waals surface area (Å²) in [6.45, 7) is 1.86. The zero-order valence-electron chi connectivity index (χ0n) is 9.70. The third-order valence-electron chi connectivity index (χ3n) is 2.28. The summed E-state index contributed by atoms with van der Waals surface area (Å²) in [5.41, 5.74) is 0.897. The molecule has 4 nitrogen and oxygen atoms in total. The zero-order valence-corrected chi connectivity index (χ0v) is 10.5. The van der Waals surface area contributed by atoms with E-state index in [1.165, 1.54) is 6.07 Å². The molecular weight excluding hydrogens is 250 g/mol. The first kappa shape index (κ1) is 12.4. The second kappa shape index (κ2) is 5.55. The number of rotatable bonds is 4. The van der Waals surface area contributed by atoms with Crippen LogP contribution >= 0.6 is 12.0 Å². The van der Waals surface area contributed by atoms with Gasteiger partial charge >= 0.3 is 5.69 Å². The van der Waals surface area contributed by atoms with Gasteiger partial charge in [-0.05, 0) is 30.7 Å². The molecule has 0 fully saturated rings. The Labute approximate surface area is 109 Å². The predicted molar refractivity (Wildman–Crippen MR) is 70.8 cm³/mol. The van der Waals surface area contributed by atoms with E-state index in [1.807, 2.05) is 37.3 Å². The molecule has 0 amide bonds. The fourth-order valence-corrected chi connectivity index (χ4v) is 2.00. The largest absolute Gasteiger partial charge is 0.413 e. The van der Waals surface area contributed by atoms with Crippen LogP contribution in [0.3, 0.4) is 0 Å². The maximum absolute atomic E-state index is 10.9. The van der Waals surface area contributed by atoms with Gasteiger partial charge in [0.15, 0.2) is 0 Å². The van der Waals surface area contributed by atoms with Crippen molar-refractivity contribution in [2.45, 2.75) is 11.8 Å². The van der Waals surface area contributed by atoms with Crippen molar-refractivity contribution in [1.82, 2.24) is 0 Å². The number of hydrogen-bond donors (Lipinski definition) is 0. The van der Waals surface area contributed by atoms with Crippen LogP contribution < -0.4 is 4.18 Å². The summed E-state index contributed by atoms with van der Waals surface area (Å²) in [5.74, 6) is 0.272. The molecule has 0 aromatic heterocycles. The van der Waals surface area contributed by atoms with E-state index in [4.69, 9.17) is 4.18 Å². The molecule has 0 saturated heterocycles. The Morgan fingerprint density at radius 1 is 1.17 bits per heavy atom. The average Bonchev–Trinajstić information content (AvgIpc) is 2.37. The van der Waals surface area contributed by atoms with Gasteiger partial charge in [0.2, 0.25) is 5.75 Å². The van der Waals surface area contributed by atoms with Crippen LogP contribution in [-0.4, -0.2) is 4.92 Å². The Bertz CT molecular complexity index is 557. The van der Waals surface area contributed by atoms with Crippen molar-refractivity contribution < 1.29 is 9.11 Å². The lowest BCUT2D eigenvalue weighted by Crippen LogP contribution is -1.93. The van der Waals surface area contributed by atoms with E-state index in [9.17, 15) is 10.1 Å². The van der Waals surface area contributed by atoms with E-state index < -0.39 is 4.92 Å². The number of nitrogens with zero attached hydrogens (tertiary/aromatic N) is 1. The van der Waals surface area contributed by atoms with E-state index in [-0.39, 0.29) is 11.4 Å². The molecule has 0 spiro atoms. The summed E-state index contributed by atoms with van der Waals surface area (Å²) in [6.07, 6.45) is 0. The second-order valence-electron chi connectivity index (χ2n) is 3.71. The first-order chi connectivity index (χ1) is 8.66. The molecule has 0 bridgehead atoms. The summed E-state index contributed by atoms with van der Waals surface area (Å²) in [7, 11) is 0. The molecule has 0 radical (unpaired) electrons. The Kier molecular flexibility index (Phi) is 3.84. The molecule has 0 aliphatic rings. The lowest BCUT2D eigenvalue weighted by Gasteiger charge is -2.05. The maximum atomic E-state index is 10.9. The van der Waals surface area contributed by atoms with Gasteiger partial charge in [0, 0.05) is 11.0 Å².